The Hall–Kier alpha value is -0.930. The molecular weight excluding hydrogens is 198 g/mol. The van der Waals surface area contributed by atoms with Crippen molar-refractivity contribution in [3.8, 4) is 0 Å². The predicted octanol–water partition coefficient (Wildman–Crippen LogP) is 1.68. The highest BCUT2D eigenvalue weighted by Crippen LogP contribution is 2.07. The number of hydrogen-bond acceptors (Lipinski definition) is 3. The van der Waals surface area contributed by atoms with E-state index in [-0.39, 0.29) is 5.54 Å². The van der Waals surface area contributed by atoms with E-state index in [0.717, 1.165) is 31.6 Å². The second-order valence-electron chi connectivity index (χ2n) is 4.82. The van der Waals surface area contributed by atoms with Gasteiger partial charge in [0.05, 0.1) is 0 Å². The van der Waals surface area contributed by atoms with Crippen LogP contribution in [0.25, 0.3) is 0 Å². The molecule has 1 unspecified atom stereocenters. The highest BCUT2D eigenvalue weighted by molar-refractivity contribution is 5.03. The molecule has 2 N–H and O–H groups in total. The van der Waals surface area contributed by atoms with Gasteiger partial charge in [-0.2, -0.15) is 0 Å². The summed E-state index contributed by atoms with van der Waals surface area (Å²) in [5, 5.41) is 0. The van der Waals surface area contributed by atoms with E-state index in [4.69, 9.17) is 5.73 Å². The minimum Gasteiger partial charge on any atom is -0.324 e. The molecule has 0 fully saturated rings. The number of likely N-dealkylation sites (N-methyl/N-ethyl adjacent to an activating group) is 1. The maximum Gasteiger partial charge on any atom is 0.0416 e. The molecule has 1 aromatic rings. The summed E-state index contributed by atoms with van der Waals surface area (Å²) in [7, 11) is 2.11. The van der Waals surface area contributed by atoms with Gasteiger partial charge in [-0.15, -0.1) is 0 Å². The molecule has 1 aromatic heterocycles. The van der Waals surface area contributed by atoms with Crippen molar-refractivity contribution in [2.24, 2.45) is 5.73 Å². The highest BCUT2D eigenvalue weighted by Gasteiger charge is 2.17. The Labute approximate surface area is 98.7 Å². The van der Waals surface area contributed by atoms with Crippen molar-refractivity contribution in [1.29, 1.82) is 0 Å². The quantitative estimate of drug-likeness (QED) is 0.794. The lowest BCUT2D eigenvalue weighted by Gasteiger charge is -2.29. The van der Waals surface area contributed by atoms with Crippen LogP contribution in [0.1, 0.15) is 26.0 Å². The predicted molar refractivity (Wildman–Crippen MR) is 68.3 cm³/mol. The second kappa shape index (κ2) is 5.97. The monoisotopic (exact) mass is 221 g/mol. The highest BCUT2D eigenvalue weighted by atomic mass is 15.1. The van der Waals surface area contributed by atoms with E-state index >= 15 is 0 Å². The molecular formula is C13H23N3. The second-order valence-corrected chi connectivity index (χ2v) is 4.82. The average Bonchev–Trinajstić information content (AvgIpc) is 2.27. The summed E-state index contributed by atoms with van der Waals surface area (Å²) in [6.07, 6.45) is 3.83. The molecule has 0 aliphatic heterocycles. The van der Waals surface area contributed by atoms with Crippen LogP contribution in [-0.2, 0) is 6.42 Å². The molecule has 1 rings (SSSR count). The lowest BCUT2D eigenvalue weighted by molar-refractivity contribution is 0.255. The number of aromatic nitrogens is 1. The van der Waals surface area contributed by atoms with Crippen LogP contribution in [0.4, 0.5) is 0 Å². The number of nitrogens with zero attached hydrogens (tertiary/aromatic N) is 2. The first-order valence-electron chi connectivity index (χ1n) is 5.91. The van der Waals surface area contributed by atoms with Crippen LogP contribution < -0.4 is 5.73 Å². The van der Waals surface area contributed by atoms with Gasteiger partial charge in [-0.05, 0) is 32.5 Å². The van der Waals surface area contributed by atoms with Crippen LogP contribution in [0.5, 0.6) is 0 Å². The van der Waals surface area contributed by atoms with E-state index in [1.807, 2.05) is 18.3 Å². The number of nitrogens with two attached hydrogens (primary N) is 1. The average molecular weight is 221 g/mol. The van der Waals surface area contributed by atoms with Crippen LogP contribution in [-0.4, -0.2) is 35.6 Å². The first-order chi connectivity index (χ1) is 7.53. The van der Waals surface area contributed by atoms with E-state index in [2.05, 4.69) is 36.8 Å². The van der Waals surface area contributed by atoms with Crippen LogP contribution in [0.2, 0.25) is 0 Å². The van der Waals surface area contributed by atoms with Gasteiger partial charge in [-0.1, -0.05) is 13.0 Å². The van der Waals surface area contributed by atoms with Gasteiger partial charge in [0, 0.05) is 36.9 Å². The summed E-state index contributed by atoms with van der Waals surface area (Å²) in [5.41, 5.74) is 7.19. The fraction of sp³-hybridized carbons (Fsp3) is 0.615. The van der Waals surface area contributed by atoms with Crippen LogP contribution in [0.3, 0.4) is 0 Å². The minimum atomic E-state index is -0.0845. The third kappa shape index (κ3) is 4.73. The first kappa shape index (κ1) is 13.1. The summed E-state index contributed by atoms with van der Waals surface area (Å²) >= 11 is 0. The van der Waals surface area contributed by atoms with Crippen molar-refractivity contribution in [3.05, 3.63) is 30.1 Å². The Morgan fingerprint density at radius 1 is 1.44 bits per heavy atom. The van der Waals surface area contributed by atoms with Crippen molar-refractivity contribution in [1.82, 2.24) is 9.88 Å². The van der Waals surface area contributed by atoms with Crippen molar-refractivity contribution in [2.75, 3.05) is 20.1 Å². The van der Waals surface area contributed by atoms with Gasteiger partial charge in [0.2, 0.25) is 0 Å². The summed E-state index contributed by atoms with van der Waals surface area (Å²) in [6, 6.07) is 6.04. The molecule has 0 bridgehead atoms. The summed E-state index contributed by atoms with van der Waals surface area (Å²) < 4.78 is 0. The molecule has 1 heterocycles. The molecule has 3 heteroatoms. The molecule has 0 spiro atoms. The summed E-state index contributed by atoms with van der Waals surface area (Å²) in [6.45, 7) is 6.16. The zero-order valence-electron chi connectivity index (χ0n) is 10.6. The van der Waals surface area contributed by atoms with Crippen molar-refractivity contribution < 1.29 is 0 Å². The third-order valence-corrected chi connectivity index (χ3v) is 2.91. The molecule has 0 radical (unpaired) electrons. The van der Waals surface area contributed by atoms with E-state index in [0.29, 0.717) is 0 Å². The van der Waals surface area contributed by atoms with Gasteiger partial charge in [0.25, 0.3) is 0 Å². The third-order valence-electron chi connectivity index (χ3n) is 2.91. The molecule has 1 atom stereocenters. The molecule has 0 saturated heterocycles. The van der Waals surface area contributed by atoms with E-state index in [1.165, 1.54) is 0 Å². The smallest absolute Gasteiger partial charge is 0.0416 e. The largest absolute Gasteiger partial charge is 0.324 e. The summed E-state index contributed by atoms with van der Waals surface area (Å²) in [4.78, 5) is 6.59. The van der Waals surface area contributed by atoms with Crippen LogP contribution >= 0.6 is 0 Å². The molecule has 0 saturated carbocycles. The van der Waals surface area contributed by atoms with E-state index < -0.39 is 0 Å². The standard InChI is InChI=1S/C13H23N3/c1-4-13(2,14)11-16(3)10-8-12-7-5-6-9-15-12/h5-7,9H,4,8,10-11,14H2,1-3H3. The zero-order chi connectivity index (χ0) is 12.0. The maximum absolute atomic E-state index is 6.13. The minimum absolute atomic E-state index is 0.0845. The van der Waals surface area contributed by atoms with Crippen molar-refractivity contribution in [2.45, 2.75) is 32.2 Å². The molecule has 0 aliphatic rings. The fourth-order valence-electron chi connectivity index (χ4n) is 1.66. The van der Waals surface area contributed by atoms with Crippen LogP contribution in [0.15, 0.2) is 24.4 Å². The Kier molecular flexibility index (Phi) is 4.90. The van der Waals surface area contributed by atoms with E-state index in [1.54, 1.807) is 0 Å². The van der Waals surface area contributed by atoms with Crippen molar-refractivity contribution in [3.63, 3.8) is 0 Å². The molecule has 0 aliphatic carbocycles. The maximum atomic E-state index is 6.13. The van der Waals surface area contributed by atoms with Crippen molar-refractivity contribution >= 4 is 0 Å². The topological polar surface area (TPSA) is 42.1 Å². The van der Waals surface area contributed by atoms with Crippen LogP contribution in [0, 0.1) is 0 Å². The number of rotatable bonds is 6. The molecule has 0 amide bonds. The Morgan fingerprint density at radius 2 is 2.19 bits per heavy atom. The Bertz CT molecular complexity index is 295. The molecule has 3 nitrogen and oxygen atoms in total. The molecule has 16 heavy (non-hydrogen) atoms. The molecule has 0 aromatic carbocycles. The lowest BCUT2D eigenvalue weighted by atomic mass is 10.00. The van der Waals surface area contributed by atoms with Gasteiger partial charge in [-0.3, -0.25) is 4.98 Å². The zero-order valence-corrected chi connectivity index (χ0v) is 10.6. The normalized spacial score (nSPS) is 15.1. The van der Waals surface area contributed by atoms with Gasteiger partial charge in [0.15, 0.2) is 0 Å². The van der Waals surface area contributed by atoms with Gasteiger partial charge in [0.1, 0.15) is 0 Å². The SMILES string of the molecule is CCC(C)(N)CN(C)CCc1ccccn1. The molecule has 90 valence electrons. The Balaban J connectivity index is 2.33. The lowest BCUT2D eigenvalue weighted by Crippen LogP contribution is -2.46. The van der Waals surface area contributed by atoms with Gasteiger partial charge < -0.3 is 10.6 Å². The number of hydrogen-bond donors (Lipinski definition) is 1. The van der Waals surface area contributed by atoms with Gasteiger partial charge in [-0.25, -0.2) is 0 Å². The number of pyridine rings is 1. The van der Waals surface area contributed by atoms with E-state index in [9.17, 15) is 0 Å². The fourth-order valence-corrected chi connectivity index (χ4v) is 1.66. The first-order valence-corrected chi connectivity index (χ1v) is 5.91. The van der Waals surface area contributed by atoms with Gasteiger partial charge >= 0.3 is 0 Å². The summed E-state index contributed by atoms with van der Waals surface area (Å²) in [5.74, 6) is 0. The Morgan fingerprint density at radius 3 is 2.75 bits per heavy atom.